The molecule has 0 saturated heterocycles. The third-order valence-electron chi connectivity index (χ3n) is 2.57. The Morgan fingerprint density at radius 1 is 1.53 bits per heavy atom. The Morgan fingerprint density at radius 3 is 2.71 bits per heavy atom. The fourth-order valence-corrected chi connectivity index (χ4v) is 1.65. The van der Waals surface area contributed by atoms with Crippen LogP contribution in [0.4, 0.5) is 10.5 Å². The second-order valence-electron chi connectivity index (χ2n) is 5.45. The predicted molar refractivity (Wildman–Crippen MR) is 65.1 cm³/mol. The van der Waals surface area contributed by atoms with Crippen LogP contribution in [-0.2, 0) is 4.74 Å². The smallest absolute Gasteiger partial charge is 0.412 e. The number of carbonyl (C=O) groups excluding carboxylic acids is 1. The van der Waals surface area contributed by atoms with E-state index in [2.05, 4.69) is 10.4 Å². The summed E-state index contributed by atoms with van der Waals surface area (Å²) >= 11 is 0. The number of rotatable bonds is 2. The molecule has 0 aromatic carbocycles. The van der Waals surface area contributed by atoms with Crippen molar-refractivity contribution in [3.63, 3.8) is 0 Å². The van der Waals surface area contributed by atoms with Crippen molar-refractivity contribution in [1.82, 2.24) is 9.78 Å². The summed E-state index contributed by atoms with van der Waals surface area (Å²) in [5.74, 6) is 0. The molecule has 5 heteroatoms. The minimum absolute atomic E-state index is 0.434. The maximum Gasteiger partial charge on any atom is 0.412 e. The van der Waals surface area contributed by atoms with E-state index in [1.54, 1.807) is 6.20 Å². The third-order valence-corrected chi connectivity index (χ3v) is 2.57. The zero-order chi connectivity index (χ0) is 12.6. The van der Waals surface area contributed by atoms with E-state index in [1.165, 1.54) is 12.8 Å². The summed E-state index contributed by atoms with van der Waals surface area (Å²) in [6.45, 7) is 7.48. The molecule has 94 valence electrons. The predicted octanol–water partition coefficient (Wildman–Crippen LogP) is 2.87. The lowest BCUT2D eigenvalue weighted by Crippen LogP contribution is -2.27. The van der Waals surface area contributed by atoms with Gasteiger partial charge in [0.25, 0.3) is 0 Å². The number of nitrogens with zero attached hydrogens (tertiary/aromatic N) is 2. The van der Waals surface area contributed by atoms with Gasteiger partial charge < -0.3 is 4.74 Å². The van der Waals surface area contributed by atoms with Crippen LogP contribution >= 0.6 is 0 Å². The summed E-state index contributed by atoms with van der Waals surface area (Å²) in [7, 11) is 0. The van der Waals surface area contributed by atoms with Crippen LogP contribution in [0.25, 0.3) is 0 Å². The summed E-state index contributed by atoms with van der Waals surface area (Å²) in [6.07, 6.45) is 3.59. The third kappa shape index (κ3) is 2.99. The quantitative estimate of drug-likeness (QED) is 0.860. The molecule has 1 aliphatic carbocycles. The summed E-state index contributed by atoms with van der Waals surface area (Å²) in [6, 6.07) is 0.518. The highest BCUT2D eigenvalue weighted by molar-refractivity contribution is 5.85. The minimum atomic E-state index is -0.482. The van der Waals surface area contributed by atoms with Crippen LogP contribution in [0.1, 0.15) is 45.3 Å². The topological polar surface area (TPSA) is 56.1 Å². The van der Waals surface area contributed by atoms with E-state index in [0.29, 0.717) is 6.04 Å². The second kappa shape index (κ2) is 4.05. The molecular weight excluding hydrogens is 218 g/mol. The number of carbonyl (C=O) groups is 1. The van der Waals surface area contributed by atoms with Gasteiger partial charge >= 0.3 is 6.09 Å². The number of nitrogens with one attached hydrogen (secondary N) is 1. The molecule has 1 amide bonds. The van der Waals surface area contributed by atoms with Crippen molar-refractivity contribution >= 4 is 11.8 Å². The van der Waals surface area contributed by atoms with Gasteiger partial charge in [0.05, 0.1) is 23.6 Å². The lowest BCUT2D eigenvalue weighted by molar-refractivity contribution is 0.0636. The number of aromatic nitrogens is 2. The molecule has 0 bridgehead atoms. The maximum atomic E-state index is 11.6. The molecule has 5 nitrogen and oxygen atoms in total. The average molecular weight is 237 g/mol. The van der Waals surface area contributed by atoms with Gasteiger partial charge in [-0.1, -0.05) is 0 Å². The van der Waals surface area contributed by atoms with Gasteiger partial charge in [-0.25, -0.2) is 4.79 Å². The van der Waals surface area contributed by atoms with Crippen LogP contribution in [-0.4, -0.2) is 21.5 Å². The van der Waals surface area contributed by atoms with Gasteiger partial charge in [-0.05, 0) is 40.5 Å². The van der Waals surface area contributed by atoms with Crippen LogP contribution in [0.2, 0.25) is 0 Å². The Hall–Kier alpha value is -1.52. The van der Waals surface area contributed by atoms with Crippen molar-refractivity contribution in [3.05, 3.63) is 11.9 Å². The van der Waals surface area contributed by atoms with E-state index in [-0.39, 0.29) is 0 Å². The Morgan fingerprint density at radius 2 is 2.18 bits per heavy atom. The normalized spacial score (nSPS) is 15.8. The average Bonchev–Trinajstić information content (AvgIpc) is 2.92. The number of ether oxygens (including phenoxy) is 1. The van der Waals surface area contributed by atoms with Crippen molar-refractivity contribution in [1.29, 1.82) is 0 Å². The van der Waals surface area contributed by atoms with E-state index in [4.69, 9.17) is 4.74 Å². The van der Waals surface area contributed by atoms with Gasteiger partial charge in [-0.2, -0.15) is 5.10 Å². The van der Waals surface area contributed by atoms with Crippen LogP contribution in [0.5, 0.6) is 0 Å². The second-order valence-corrected chi connectivity index (χ2v) is 5.45. The first-order valence-corrected chi connectivity index (χ1v) is 5.91. The molecule has 1 aliphatic rings. The molecule has 1 saturated carbocycles. The maximum absolute atomic E-state index is 11.6. The molecule has 1 N–H and O–H groups in total. The van der Waals surface area contributed by atoms with Gasteiger partial charge in [0.2, 0.25) is 0 Å². The van der Waals surface area contributed by atoms with E-state index in [0.717, 1.165) is 11.4 Å². The van der Waals surface area contributed by atoms with Gasteiger partial charge in [-0.15, -0.1) is 0 Å². The molecule has 0 atom stereocenters. The largest absolute Gasteiger partial charge is 0.444 e. The van der Waals surface area contributed by atoms with E-state index < -0.39 is 11.7 Å². The zero-order valence-electron chi connectivity index (χ0n) is 10.8. The molecule has 2 rings (SSSR count). The van der Waals surface area contributed by atoms with Crippen molar-refractivity contribution in [3.8, 4) is 0 Å². The molecule has 1 fully saturated rings. The molecule has 0 radical (unpaired) electrons. The molecule has 0 unspecified atom stereocenters. The molecule has 1 aromatic heterocycles. The Bertz CT molecular complexity index is 427. The standard InChI is InChI=1S/C12H19N3O2/c1-8-10(7-13-15(8)9-5-6-9)14-11(16)17-12(2,3)4/h7,9H,5-6H2,1-4H3,(H,14,16). The molecule has 1 aromatic rings. The highest BCUT2D eigenvalue weighted by Gasteiger charge is 2.27. The number of anilines is 1. The number of hydrogen-bond donors (Lipinski definition) is 1. The van der Waals surface area contributed by atoms with E-state index in [1.807, 2.05) is 32.4 Å². The van der Waals surface area contributed by atoms with Gasteiger partial charge in [0.1, 0.15) is 5.60 Å². The van der Waals surface area contributed by atoms with Crippen molar-refractivity contribution < 1.29 is 9.53 Å². The SMILES string of the molecule is Cc1c(NC(=O)OC(C)(C)C)cnn1C1CC1. The Kier molecular flexibility index (Phi) is 2.85. The van der Waals surface area contributed by atoms with Crippen molar-refractivity contribution in [2.24, 2.45) is 0 Å². The van der Waals surface area contributed by atoms with E-state index >= 15 is 0 Å². The van der Waals surface area contributed by atoms with E-state index in [9.17, 15) is 4.79 Å². The van der Waals surface area contributed by atoms with Crippen LogP contribution in [0.3, 0.4) is 0 Å². The zero-order valence-corrected chi connectivity index (χ0v) is 10.8. The summed E-state index contributed by atoms with van der Waals surface area (Å²) < 4.78 is 7.16. The lowest BCUT2D eigenvalue weighted by atomic mass is 10.2. The van der Waals surface area contributed by atoms with Crippen LogP contribution < -0.4 is 5.32 Å². The number of amides is 1. The van der Waals surface area contributed by atoms with Crippen LogP contribution in [0, 0.1) is 6.92 Å². The fraction of sp³-hybridized carbons (Fsp3) is 0.667. The van der Waals surface area contributed by atoms with Crippen molar-refractivity contribution in [2.75, 3.05) is 5.32 Å². The summed E-state index contributed by atoms with van der Waals surface area (Å²) in [4.78, 5) is 11.6. The first kappa shape index (κ1) is 12.0. The summed E-state index contributed by atoms with van der Waals surface area (Å²) in [5.41, 5.74) is 1.23. The highest BCUT2D eigenvalue weighted by atomic mass is 16.6. The molecular formula is C12H19N3O2. The molecule has 0 spiro atoms. The van der Waals surface area contributed by atoms with Gasteiger partial charge in [0, 0.05) is 0 Å². The monoisotopic (exact) mass is 237 g/mol. The molecule has 0 aliphatic heterocycles. The van der Waals surface area contributed by atoms with Gasteiger partial charge in [-0.3, -0.25) is 10.00 Å². The molecule has 1 heterocycles. The Balaban J connectivity index is 2.01. The Labute approximate surface area is 101 Å². The first-order valence-electron chi connectivity index (χ1n) is 5.91. The first-order chi connectivity index (χ1) is 7.87. The summed E-state index contributed by atoms with van der Waals surface area (Å²) in [5, 5.41) is 7.00. The lowest BCUT2D eigenvalue weighted by Gasteiger charge is -2.19. The molecule has 17 heavy (non-hydrogen) atoms. The van der Waals surface area contributed by atoms with Crippen LogP contribution in [0.15, 0.2) is 6.20 Å². The fourth-order valence-electron chi connectivity index (χ4n) is 1.65. The minimum Gasteiger partial charge on any atom is -0.444 e. The highest BCUT2D eigenvalue weighted by Crippen LogP contribution is 2.36. The van der Waals surface area contributed by atoms with Crippen molar-refractivity contribution in [2.45, 2.75) is 52.2 Å². The number of hydrogen-bond acceptors (Lipinski definition) is 3. The van der Waals surface area contributed by atoms with Gasteiger partial charge in [0.15, 0.2) is 0 Å².